The van der Waals surface area contributed by atoms with Gasteiger partial charge in [-0.25, -0.2) is 4.79 Å². The lowest BCUT2D eigenvalue weighted by atomic mass is 10.1. The Morgan fingerprint density at radius 1 is 1.27 bits per heavy atom. The fourth-order valence-electron chi connectivity index (χ4n) is 2.70. The molecule has 1 rings (SSSR count). The van der Waals surface area contributed by atoms with Crippen LogP contribution in [0, 0.1) is 0 Å². The minimum atomic E-state index is -1.19. The van der Waals surface area contributed by atoms with Crippen molar-refractivity contribution in [2.45, 2.75) is 37.4 Å². The van der Waals surface area contributed by atoms with Crippen molar-refractivity contribution in [2.24, 2.45) is 5.73 Å². The zero-order valence-electron chi connectivity index (χ0n) is 14.6. The summed E-state index contributed by atoms with van der Waals surface area (Å²) in [7, 11) is 0. The van der Waals surface area contributed by atoms with Crippen molar-refractivity contribution in [1.82, 2.24) is 15.5 Å². The molecule has 6 N–H and O–H groups in total. The number of aliphatic carboxylic acids is 1. The number of nitrogens with two attached hydrogens (primary N) is 1. The van der Waals surface area contributed by atoms with Crippen LogP contribution in [0.1, 0.15) is 19.3 Å². The number of nitrogens with zero attached hydrogens (tertiary/aromatic N) is 1. The highest BCUT2D eigenvalue weighted by atomic mass is 32.2. The topological polar surface area (TPSA) is 162 Å². The molecular weight excluding hydrogens is 364 g/mol. The first-order valence-electron chi connectivity index (χ1n) is 8.28. The Balaban J connectivity index is 2.78. The summed E-state index contributed by atoms with van der Waals surface area (Å²) in [5.74, 6) is -2.30. The highest BCUT2D eigenvalue weighted by Gasteiger charge is 2.38. The van der Waals surface area contributed by atoms with E-state index in [1.54, 1.807) is 0 Å². The van der Waals surface area contributed by atoms with Crippen LogP contribution in [-0.2, 0) is 19.2 Å². The van der Waals surface area contributed by atoms with Crippen LogP contribution in [0.25, 0.3) is 0 Å². The summed E-state index contributed by atoms with van der Waals surface area (Å²) in [4.78, 5) is 48.9. The first-order chi connectivity index (χ1) is 12.3. The van der Waals surface area contributed by atoms with Crippen LogP contribution in [0.15, 0.2) is 0 Å². The number of carboxylic acids is 1. The van der Waals surface area contributed by atoms with Crippen LogP contribution in [-0.4, -0.2) is 88.6 Å². The second-order valence-corrected chi connectivity index (χ2v) is 6.86. The van der Waals surface area contributed by atoms with Crippen LogP contribution < -0.4 is 16.4 Å². The molecule has 0 bridgehead atoms. The van der Waals surface area contributed by atoms with Crippen molar-refractivity contribution >= 4 is 35.5 Å². The molecule has 0 saturated carbocycles. The minimum Gasteiger partial charge on any atom is -0.480 e. The standard InChI is InChI=1S/C15H26N4O6S/c1-26-6-4-9(15(24)25)18-13(22)11-3-2-5-19(11)14(23)10(8-20)17-12(21)7-16/h9-11,20H,2-8,16H2,1H3,(H,17,21)(H,18,22)(H,24,25). The Morgan fingerprint density at radius 3 is 2.50 bits per heavy atom. The summed E-state index contributed by atoms with van der Waals surface area (Å²) in [5.41, 5.74) is 5.19. The van der Waals surface area contributed by atoms with Gasteiger partial charge in [0.1, 0.15) is 18.1 Å². The second kappa shape index (κ2) is 11.0. The van der Waals surface area contributed by atoms with Gasteiger partial charge in [-0.05, 0) is 31.3 Å². The monoisotopic (exact) mass is 390 g/mol. The average molecular weight is 390 g/mol. The lowest BCUT2D eigenvalue weighted by molar-refractivity contribution is -0.145. The molecule has 3 atom stereocenters. The van der Waals surface area contributed by atoms with Gasteiger partial charge in [0.05, 0.1) is 13.2 Å². The Morgan fingerprint density at radius 2 is 1.96 bits per heavy atom. The average Bonchev–Trinajstić information content (AvgIpc) is 3.11. The number of hydrogen-bond acceptors (Lipinski definition) is 7. The number of likely N-dealkylation sites (tertiary alicyclic amines) is 1. The minimum absolute atomic E-state index is 0.273. The van der Waals surface area contributed by atoms with Crippen LogP contribution in [0.3, 0.4) is 0 Å². The van der Waals surface area contributed by atoms with Gasteiger partial charge in [-0.15, -0.1) is 0 Å². The van der Waals surface area contributed by atoms with E-state index in [2.05, 4.69) is 10.6 Å². The largest absolute Gasteiger partial charge is 0.480 e. The Labute approximate surface area is 155 Å². The van der Waals surface area contributed by atoms with E-state index in [0.29, 0.717) is 18.6 Å². The van der Waals surface area contributed by atoms with Crippen LogP contribution in [0.4, 0.5) is 0 Å². The van der Waals surface area contributed by atoms with Gasteiger partial charge in [0.2, 0.25) is 17.7 Å². The van der Waals surface area contributed by atoms with Crippen molar-refractivity contribution in [3.05, 3.63) is 0 Å². The third-order valence-electron chi connectivity index (χ3n) is 4.07. The Hall–Kier alpha value is -1.85. The Kier molecular flexibility index (Phi) is 9.38. The Bertz CT molecular complexity index is 532. The molecule has 0 aromatic rings. The molecule has 3 unspecified atom stereocenters. The number of thioether (sulfide) groups is 1. The van der Waals surface area contributed by atoms with E-state index in [4.69, 9.17) is 5.73 Å². The van der Waals surface area contributed by atoms with E-state index in [1.165, 1.54) is 16.7 Å². The lowest BCUT2D eigenvalue weighted by Gasteiger charge is -2.28. The number of aliphatic hydroxyl groups excluding tert-OH is 1. The molecular formula is C15H26N4O6S. The number of carboxylic acid groups (broad SMARTS) is 1. The predicted octanol–water partition coefficient (Wildman–Crippen LogP) is -2.26. The summed E-state index contributed by atoms with van der Waals surface area (Å²) in [6, 6.07) is -3.05. The predicted molar refractivity (Wildman–Crippen MR) is 95.4 cm³/mol. The fraction of sp³-hybridized carbons (Fsp3) is 0.733. The van der Waals surface area contributed by atoms with Crippen LogP contribution >= 0.6 is 11.8 Å². The number of hydrogen-bond donors (Lipinski definition) is 5. The van der Waals surface area contributed by atoms with E-state index in [1.807, 2.05) is 6.26 Å². The molecule has 148 valence electrons. The second-order valence-electron chi connectivity index (χ2n) is 5.88. The molecule has 3 amide bonds. The molecule has 0 spiro atoms. The molecule has 0 radical (unpaired) electrons. The highest BCUT2D eigenvalue weighted by molar-refractivity contribution is 7.98. The first kappa shape index (κ1) is 22.2. The van der Waals surface area contributed by atoms with Gasteiger partial charge in [0, 0.05) is 6.54 Å². The molecule has 1 aliphatic rings. The zero-order chi connectivity index (χ0) is 19.7. The van der Waals surface area contributed by atoms with Gasteiger partial charge in [0.15, 0.2) is 0 Å². The molecule has 1 aliphatic heterocycles. The van der Waals surface area contributed by atoms with Gasteiger partial charge in [-0.3, -0.25) is 14.4 Å². The van der Waals surface area contributed by atoms with Crippen molar-refractivity contribution in [1.29, 1.82) is 0 Å². The first-order valence-corrected chi connectivity index (χ1v) is 9.68. The van der Waals surface area contributed by atoms with Gasteiger partial charge >= 0.3 is 5.97 Å². The van der Waals surface area contributed by atoms with E-state index >= 15 is 0 Å². The van der Waals surface area contributed by atoms with E-state index in [0.717, 1.165) is 0 Å². The van der Waals surface area contributed by atoms with Gasteiger partial charge in [0.25, 0.3) is 0 Å². The van der Waals surface area contributed by atoms with Crippen molar-refractivity contribution in [3.63, 3.8) is 0 Å². The maximum Gasteiger partial charge on any atom is 0.326 e. The summed E-state index contributed by atoms with van der Waals surface area (Å²) < 4.78 is 0. The molecule has 1 heterocycles. The van der Waals surface area contributed by atoms with Gasteiger partial charge < -0.3 is 31.5 Å². The molecule has 0 aromatic heterocycles. The molecule has 10 nitrogen and oxygen atoms in total. The number of carbonyl (C=O) groups excluding carboxylic acids is 3. The molecule has 0 aliphatic carbocycles. The smallest absolute Gasteiger partial charge is 0.326 e. The highest BCUT2D eigenvalue weighted by Crippen LogP contribution is 2.19. The summed E-state index contributed by atoms with van der Waals surface area (Å²) in [6.45, 7) is -0.668. The summed E-state index contributed by atoms with van der Waals surface area (Å²) in [6.07, 6.45) is 3.06. The van der Waals surface area contributed by atoms with E-state index < -0.39 is 48.4 Å². The van der Waals surface area contributed by atoms with E-state index in [-0.39, 0.29) is 19.5 Å². The SMILES string of the molecule is CSCCC(NC(=O)C1CCCN1C(=O)C(CO)NC(=O)CN)C(=O)O. The maximum atomic E-state index is 12.5. The fourth-order valence-corrected chi connectivity index (χ4v) is 3.17. The summed E-state index contributed by atoms with van der Waals surface area (Å²) in [5, 5.41) is 23.4. The van der Waals surface area contributed by atoms with Crippen molar-refractivity contribution < 1.29 is 29.4 Å². The summed E-state index contributed by atoms with van der Waals surface area (Å²) >= 11 is 1.47. The van der Waals surface area contributed by atoms with Crippen molar-refractivity contribution in [3.8, 4) is 0 Å². The third-order valence-corrected chi connectivity index (χ3v) is 4.71. The van der Waals surface area contributed by atoms with Crippen molar-refractivity contribution in [2.75, 3.05) is 31.7 Å². The molecule has 1 fully saturated rings. The number of nitrogens with one attached hydrogen (secondary N) is 2. The number of aliphatic hydroxyl groups is 1. The zero-order valence-corrected chi connectivity index (χ0v) is 15.5. The number of rotatable bonds is 10. The lowest BCUT2D eigenvalue weighted by Crippen LogP contribution is -2.56. The molecule has 1 saturated heterocycles. The number of carbonyl (C=O) groups is 4. The van der Waals surface area contributed by atoms with Gasteiger partial charge in [-0.2, -0.15) is 11.8 Å². The molecule has 26 heavy (non-hydrogen) atoms. The van der Waals surface area contributed by atoms with Crippen LogP contribution in [0.2, 0.25) is 0 Å². The van der Waals surface area contributed by atoms with Gasteiger partial charge in [-0.1, -0.05) is 0 Å². The quantitative estimate of drug-likeness (QED) is 0.279. The normalized spacial score (nSPS) is 18.9. The number of amides is 3. The maximum absolute atomic E-state index is 12.5. The molecule has 0 aromatic carbocycles. The molecule has 11 heteroatoms. The van der Waals surface area contributed by atoms with Crippen LogP contribution in [0.5, 0.6) is 0 Å². The third kappa shape index (κ3) is 6.15. The van der Waals surface area contributed by atoms with E-state index in [9.17, 15) is 29.4 Å².